The van der Waals surface area contributed by atoms with E-state index in [9.17, 15) is 33.9 Å². The van der Waals surface area contributed by atoms with Gasteiger partial charge in [-0.3, -0.25) is 29.0 Å². The van der Waals surface area contributed by atoms with Gasteiger partial charge in [0.15, 0.2) is 5.96 Å². The number of amides is 4. The van der Waals surface area contributed by atoms with E-state index in [0.29, 0.717) is 5.56 Å². The van der Waals surface area contributed by atoms with Crippen LogP contribution in [0.3, 0.4) is 0 Å². The molecule has 1 aromatic carbocycles. The third kappa shape index (κ3) is 13.2. The number of hydrogen-bond donors (Lipinski definition) is 9. The van der Waals surface area contributed by atoms with Crippen LogP contribution in [0, 0.1) is 0 Å². The lowest BCUT2D eigenvalue weighted by Crippen LogP contribution is -2.58. The van der Waals surface area contributed by atoms with Gasteiger partial charge in [-0.2, -0.15) is 0 Å². The minimum atomic E-state index is -1.55. The highest BCUT2D eigenvalue weighted by atomic mass is 16.4. The monoisotopic (exact) mass is 564 g/mol. The summed E-state index contributed by atoms with van der Waals surface area (Å²) in [6, 6.07) is 3.06. The Morgan fingerprint density at radius 2 is 1.38 bits per heavy atom. The molecule has 4 amide bonds. The molecule has 4 atom stereocenters. The van der Waals surface area contributed by atoms with Gasteiger partial charge in [-0.15, -0.1) is 0 Å². The number of carbonyl (C=O) groups excluding carboxylic acids is 4. The van der Waals surface area contributed by atoms with Crippen molar-refractivity contribution in [3.8, 4) is 0 Å². The van der Waals surface area contributed by atoms with Crippen LogP contribution >= 0.6 is 0 Å². The zero-order chi connectivity index (χ0) is 30.2. The fraction of sp³-hybridized carbons (Fsp3) is 0.458. The van der Waals surface area contributed by atoms with Crippen LogP contribution in [0.2, 0.25) is 0 Å². The molecule has 1 aromatic rings. The Balaban J connectivity index is 3.07. The van der Waals surface area contributed by atoms with Crippen molar-refractivity contribution in [2.75, 3.05) is 6.54 Å². The number of carboxylic acids is 2. The summed E-state index contributed by atoms with van der Waals surface area (Å²) in [5.41, 5.74) is 22.1. The Labute approximate surface area is 229 Å². The molecule has 16 heteroatoms. The fourth-order valence-corrected chi connectivity index (χ4v) is 3.47. The van der Waals surface area contributed by atoms with Crippen LogP contribution < -0.4 is 38.9 Å². The van der Waals surface area contributed by atoms with Gasteiger partial charge in [0.25, 0.3) is 0 Å². The first kappa shape index (κ1) is 33.3. The number of primary amides is 1. The quantitative estimate of drug-likeness (QED) is 0.0488. The van der Waals surface area contributed by atoms with Gasteiger partial charge in [0, 0.05) is 19.4 Å². The number of nitrogens with one attached hydrogen (secondary N) is 3. The van der Waals surface area contributed by atoms with E-state index in [2.05, 4.69) is 20.9 Å². The van der Waals surface area contributed by atoms with E-state index >= 15 is 0 Å². The number of carbonyl (C=O) groups is 6. The lowest BCUT2D eigenvalue weighted by Gasteiger charge is -2.25. The Bertz CT molecular complexity index is 1080. The van der Waals surface area contributed by atoms with Gasteiger partial charge in [-0.25, -0.2) is 4.79 Å². The van der Waals surface area contributed by atoms with Gasteiger partial charge in [0.1, 0.15) is 18.1 Å². The number of guanidine groups is 1. The maximum absolute atomic E-state index is 13.1. The van der Waals surface area contributed by atoms with Gasteiger partial charge in [0.2, 0.25) is 23.6 Å². The third-order valence-corrected chi connectivity index (χ3v) is 5.52. The Morgan fingerprint density at radius 3 is 1.93 bits per heavy atom. The van der Waals surface area contributed by atoms with E-state index in [1.165, 1.54) is 0 Å². The summed E-state index contributed by atoms with van der Waals surface area (Å²) in [4.78, 5) is 76.5. The first-order valence-electron chi connectivity index (χ1n) is 12.3. The molecule has 0 radical (unpaired) electrons. The number of nitrogens with two attached hydrogens (primary N) is 4. The van der Waals surface area contributed by atoms with Crippen LogP contribution in [0.15, 0.2) is 35.3 Å². The van der Waals surface area contributed by atoms with Crippen molar-refractivity contribution in [1.29, 1.82) is 0 Å². The molecule has 0 spiro atoms. The van der Waals surface area contributed by atoms with E-state index in [1.807, 2.05) is 0 Å². The van der Waals surface area contributed by atoms with E-state index in [0.717, 1.165) is 0 Å². The molecule has 4 unspecified atom stereocenters. The zero-order valence-electron chi connectivity index (χ0n) is 21.7. The van der Waals surface area contributed by atoms with Crippen molar-refractivity contribution in [3.05, 3.63) is 35.9 Å². The zero-order valence-corrected chi connectivity index (χ0v) is 21.7. The molecule has 220 valence electrons. The summed E-state index contributed by atoms with van der Waals surface area (Å²) in [5.74, 6) is -6.37. The van der Waals surface area contributed by atoms with E-state index in [1.54, 1.807) is 30.3 Å². The summed E-state index contributed by atoms with van der Waals surface area (Å²) in [5, 5.41) is 25.5. The molecule has 13 N–H and O–H groups in total. The average molecular weight is 565 g/mol. The topological polar surface area (TPSA) is 295 Å². The lowest BCUT2D eigenvalue weighted by molar-refractivity contribution is -0.142. The summed E-state index contributed by atoms with van der Waals surface area (Å²) in [7, 11) is 0. The molecule has 16 nitrogen and oxygen atoms in total. The Hall–Kier alpha value is -4.73. The molecule has 0 fully saturated rings. The van der Waals surface area contributed by atoms with E-state index in [-0.39, 0.29) is 38.2 Å². The van der Waals surface area contributed by atoms with Crippen molar-refractivity contribution in [2.24, 2.45) is 27.9 Å². The molecular formula is C24H36N8O8. The molecule has 40 heavy (non-hydrogen) atoms. The molecule has 0 saturated carbocycles. The maximum Gasteiger partial charge on any atom is 0.326 e. The fourth-order valence-electron chi connectivity index (χ4n) is 3.47. The number of benzene rings is 1. The number of carboxylic acid groups (broad SMARTS) is 2. The number of aliphatic imine (C=N–C) groups is 1. The molecule has 1 rings (SSSR count). The second-order valence-corrected chi connectivity index (χ2v) is 8.87. The number of nitrogens with zero attached hydrogens (tertiary/aromatic N) is 1. The maximum atomic E-state index is 13.1. The number of hydrogen-bond acceptors (Lipinski definition) is 8. The van der Waals surface area contributed by atoms with Gasteiger partial charge in [-0.05, 0) is 24.8 Å². The molecule has 0 aliphatic carbocycles. The average Bonchev–Trinajstić information content (AvgIpc) is 2.87. The highest BCUT2D eigenvalue weighted by Gasteiger charge is 2.31. The van der Waals surface area contributed by atoms with Gasteiger partial charge in [0.05, 0.1) is 12.5 Å². The lowest BCUT2D eigenvalue weighted by atomic mass is 10.0. The van der Waals surface area contributed by atoms with Crippen molar-refractivity contribution < 1.29 is 39.0 Å². The summed E-state index contributed by atoms with van der Waals surface area (Å²) in [6.45, 7) is 0.0915. The van der Waals surface area contributed by atoms with Crippen LogP contribution in [0.5, 0.6) is 0 Å². The number of rotatable bonds is 18. The highest BCUT2D eigenvalue weighted by Crippen LogP contribution is 2.07. The summed E-state index contributed by atoms with van der Waals surface area (Å²) < 4.78 is 0. The van der Waals surface area contributed by atoms with Crippen LogP contribution in [-0.2, 0) is 35.2 Å². The number of aliphatic carboxylic acids is 2. The molecule has 0 heterocycles. The highest BCUT2D eigenvalue weighted by molar-refractivity contribution is 5.96. The predicted molar refractivity (Wildman–Crippen MR) is 142 cm³/mol. The van der Waals surface area contributed by atoms with Crippen LogP contribution in [-0.4, -0.2) is 82.5 Å². The van der Waals surface area contributed by atoms with Gasteiger partial charge >= 0.3 is 11.9 Å². The first-order valence-corrected chi connectivity index (χ1v) is 12.3. The summed E-state index contributed by atoms with van der Waals surface area (Å²) >= 11 is 0. The third-order valence-electron chi connectivity index (χ3n) is 5.52. The predicted octanol–water partition coefficient (Wildman–Crippen LogP) is -3.11. The molecule has 0 aliphatic rings. The van der Waals surface area contributed by atoms with E-state index < -0.39 is 72.6 Å². The van der Waals surface area contributed by atoms with Crippen LogP contribution in [0.4, 0.5) is 0 Å². The van der Waals surface area contributed by atoms with Crippen LogP contribution in [0.25, 0.3) is 0 Å². The van der Waals surface area contributed by atoms with Crippen molar-refractivity contribution in [1.82, 2.24) is 16.0 Å². The second kappa shape index (κ2) is 17.0. The Morgan fingerprint density at radius 1 is 0.800 bits per heavy atom. The molecule has 0 aliphatic heterocycles. The molecule has 0 bridgehead atoms. The molecular weight excluding hydrogens is 528 g/mol. The smallest absolute Gasteiger partial charge is 0.326 e. The van der Waals surface area contributed by atoms with Crippen molar-refractivity contribution in [3.63, 3.8) is 0 Å². The minimum Gasteiger partial charge on any atom is -0.481 e. The van der Waals surface area contributed by atoms with Crippen LogP contribution in [0.1, 0.15) is 37.7 Å². The van der Waals surface area contributed by atoms with Gasteiger partial charge < -0.3 is 49.1 Å². The molecule has 0 aromatic heterocycles. The molecule has 0 saturated heterocycles. The Kier molecular flexibility index (Phi) is 14.1. The standard InChI is InChI=1S/C24H36N8O8/c25-14(8-9-19(34)35)20(36)31-16(12-18(26)33)22(38)30-15(7-4-10-29-24(27)28)21(37)32-17(23(39)40)11-13-5-2-1-3-6-13/h1-3,5-6,14-17H,4,7-12,25H2,(H2,26,33)(H,30,38)(H,31,36)(H,32,37)(H,34,35)(H,39,40)(H4,27,28,29). The summed E-state index contributed by atoms with van der Waals surface area (Å²) in [6.07, 6.45) is -1.18. The second-order valence-electron chi connectivity index (χ2n) is 8.87. The SMILES string of the molecule is NC(=O)CC(NC(=O)C(N)CCC(=O)O)C(=O)NC(CCCN=C(N)N)C(=O)NC(Cc1ccccc1)C(=O)O. The first-order chi connectivity index (χ1) is 18.8. The van der Waals surface area contributed by atoms with Crippen molar-refractivity contribution >= 4 is 41.5 Å². The largest absolute Gasteiger partial charge is 0.481 e. The van der Waals surface area contributed by atoms with E-state index in [4.69, 9.17) is 28.0 Å². The minimum absolute atomic E-state index is 0.0365. The van der Waals surface area contributed by atoms with Gasteiger partial charge in [-0.1, -0.05) is 30.3 Å². The normalized spacial score (nSPS) is 13.5. The van der Waals surface area contributed by atoms with Crippen molar-refractivity contribution in [2.45, 2.75) is 62.7 Å².